The molecule has 1 heterocycles. The third kappa shape index (κ3) is 0.972. The van der Waals surface area contributed by atoms with Crippen LogP contribution < -0.4 is 0 Å². The van der Waals surface area contributed by atoms with Gasteiger partial charge < -0.3 is 14.9 Å². The van der Waals surface area contributed by atoms with Crippen molar-refractivity contribution in [3.05, 3.63) is 0 Å². The van der Waals surface area contributed by atoms with Gasteiger partial charge in [-0.05, 0) is 5.92 Å². The van der Waals surface area contributed by atoms with E-state index in [1.807, 2.05) is 0 Å². The van der Waals surface area contributed by atoms with Gasteiger partial charge in [-0.3, -0.25) is 0 Å². The van der Waals surface area contributed by atoms with Crippen LogP contribution in [0.2, 0.25) is 0 Å². The molecule has 1 aliphatic heterocycles. The number of epoxide rings is 1. The van der Waals surface area contributed by atoms with Gasteiger partial charge in [-0.2, -0.15) is 0 Å². The van der Waals surface area contributed by atoms with Gasteiger partial charge in [0.2, 0.25) is 5.60 Å². The van der Waals surface area contributed by atoms with E-state index in [0.717, 1.165) is 0 Å². The van der Waals surface area contributed by atoms with Crippen molar-refractivity contribution in [1.29, 1.82) is 0 Å². The minimum atomic E-state index is -1.49. The van der Waals surface area contributed by atoms with Gasteiger partial charge in [0, 0.05) is 0 Å². The summed E-state index contributed by atoms with van der Waals surface area (Å²) in [5.74, 6) is -2.76. The van der Waals surface area contributed by atoms with Gasteiger partial charge in [0.05, 0.1) is 0 Å². The fraction of sp³-hybridized carbons (Fsp3) is 0.714. The molecule has 0 aromatic heterocycles. The first-order chi connectivity index (χ1) is 5.43. The molecule has 0 bridgehead atoms. The molecular formula is C7H10O5. The lowest BCUT2D eigenvalue weighted by atomic mass is 9.92. The van der Waals surface area contributed by atoms with E-state index >= 15 is 0 Å². The third-order valence-corrected chi connectivity index (χ3v) is 2.06. The first-order valence-corrected chi connectivity index (χ1v) is 3.57. The molecule has 1 rings (SSSR count). The van der Waals surface area contributed by atoms with Gasteiger partial charge in [-0.15, -0.1) is 0 Å². The second kappa shape index (κ2) is 2.45. The lowest BCUT2D eigenvalue weighted by Gasteiger charge is -2.09. The van der Waals surface area contributed by atoms with Crippen LogP contribution in [0.1, 0.15) is 13.8 Å². The average Bonchev–Trinajstić information content (AvgIpc) is 2.60. The number of hydrogen-bond acceptors (Lipinski definition) is 3. The van der Waals surface area contributed by atoms with Crippen LogP contribution in [0.15, 0.2) is 0 Å². The van der Waals surface area contributed by atoms with Gasteiger partial charge in [-0.1, -0.05) is 13.8 Å². The van der Waals surface area contributed by atoms with E-state index in [4.69, 9.17) is 10.2 Å². The second-order valence-electron chi connectivity index (χ2n) is 3.09. The average molecular weight is 174 g/mol. The third-order valence-electron chi connectivity index (χ3n) is 2.06. The van der Waals surface area contributed by atoms with Crippen molar-refractivity contribution in [2.45, 2.75) is 25.6 Å². The molecular weight excluding hydrogens is 164 g/mol. The van der Waals surface area contributed by atoms with Crippen molar-refractivity contribution >= 4 is 11.9 Å². The number of carbonyl (C=O) groups is 2. The van der Waals surface area contributed by atoms with Crippen LogP contribution in [0.5, 0.6) is 0 Å². The normalized spacial score (nSPS) is 33.4. The molecule has 5 nitrogen and oxygen atoms in total. The molecule has 1 aliphatic rings. The first-order valence-electron chi connectivity index (χ1n) is 3.57. The summed E-state index contributed by atoms with van der Waals surface area (Å²) < 4.78 is 4.69. The summed E-state index contributed by atoms with van der Waals surface area (Å²) in [7, 11) is 0. The van der Waals surface area contributed by atoms with E-state index in [0.29, 0.717) is 0 Å². The van der Waals surface area contributed by atoms with E-state index in [-0.39, 0.29) is 5.92 Å². The van der Waals surface area contributed by atoms with Crippen LogP contribution in [0.3, 0.4) is 0 Å². The Hall–Kier alpha value is -1.10. The summed E-state index contributed by atoms with van der Waals surface area (Å²) in [6.45, 7) is 3.24. The molecule has 0 aromatic carbocycles. The minimum Gasteiger partial charge on any atom is -0.479 e. The van der Waals surface area contributed by atoms with Gasteiger partial charge in [-0.25, -0.2) is 9.59 Å². The van der Waals surface area contributed by atoms with E-state index in [2.05, 4.69) is 4.74 Å². The van der Waals surface area contributed by atoms with Gasteiger partial charge in [0.15, 0.2) is 6.10 Å². The van der Waals surface area contributed by atoms with Crippen molar-refractivity contribution in [2.75, 3.05) is 0 Å². The predicted octanol–water partition coefficient (Wildman–Crippen LogP) is -0.0508. The summed E-state index contributed by atoms with van der Waals surface area (Å²) in [5.41, 5.74) is -1.49. The zero-order valence-electron chi connectivity index (χ0n) is 6.77. The number of hydrogen-bond donors (Lipinski definition) is 2. The maximum Gasteiger partial charge on any atom is 0.339 e. The predicted molar refractivity (Wildman–Crippen MR) is 37.7 cm³/mol. The van der Waals surface area contributed by atoms with E-state index in [1.165, 1.54) is 0 Å². The van der Waals surface area contributed by atoms with Crippen molar-refractivity contribution in [3.8, 4) is 0 Å². The molecule has 0 amide bonds. The molecule has 0 unspecified atom stereocenters. The molecule has 0 radical (unpaired) electrons. The Bertz CT molecular complexity index is 234. The zero-order valence-corrected chi connectivity index (χ0v) is 6.77. The van der Waals surface area contributed by atoms with Gasteiger partial charge in [0.25, 0.3) is 0 Å². The molecule has 1 saturated heterocycles. The highest BCUT2D eigenvalue weighted by molar-refractivity contribution is 5.92. The molecule has 1 fully saturated rings. The summed E-state index contributed by atoms with van der Waals surface area (Å²) in [6.07, 6.45) is -1.19. The van der Waals surface area contributed by atoms with Crippen LogP contribution in [-0.2, 0) is 14.3 Å². The fourth-order valence-electron chi connectivity index (χ4n) is 1.24. The lowest BCUT2D eigenvalue weighted by molar-refractivity contribution is -0.146. The SMILES string of the molecule is CC(C)[C@@]1(C(=O)O)O[C@@H]1C(=O)O. The number of rotatable bonds is 3. The monoisotopic (exact) mass is 174 g/mol. The van der Waals surface area contributed by atoms with Crippen LogP contribution >= 0.6 is 0 Å². The molecule has 0 spiro atoms. The molecule has 2 atom stereocenters. The van der Waals surface area contributed by atoms with Gasteiger partial charge >= 0.3 is 11.9 Å². The Labute approximate surface area is 68.9 Å². The highest BCUT2D eigenvalue weighted by Gasteiger charge is 2.69. The zero-order chi connectivity index (χ0) is 9.52. The maximum atomic E-state index is 10.7. The van der Waals surface area contributed by atoms with Crippen LogP contribution in [0.4, 0.5) is 0 Å². The number of ether oxygens (including phenoxy) is 1. The Kier molecular flexibility index (Phi) is 1.83. The summed E-state index contributed by atoms with van der Waals surface area (Å²) in [5, 5.41) is 17.2. The summed E-state index contributed by atoms with van der Waals surface area (Å²) in [4.78, 5) is 21.0. The highest BCUT2D eigenvalue weighted by Crippen LogP contribution is 2.43. The number of carboxylic acids is 2. The Morgan fingerprint density at radius 3 is 2.00 bits per heavy atom. The Morgan fingerprint density at radius 2 is 1.92 bits per heavy atom. The quantitative estimate of drug-likeness (QED) is 0.585. The van der Waals surface area contributed by atoms with Gasteiger partial charge in [0.1, 0.15) is 0 Å². The van der Waals surface area contributed by atoms with Crippen molar-refractivity contribution in [3.63, 3.8) is 0 Å². The minimum absolute atomic E-state index is 0.337. The molecule has 2 N–H and O–H groups in total. The van der Waals surface area contributed by atoms with E-state index in [1.54, 1.807) is 13.8 Å². The molecule has 0 saturated carbocycles. The topological polar surface area (TPSA) is 87.1 Å². The van der Waals surface area contributed by atoms with Crippen molar-refractivity contribution in [1.82, 2.24) is 0 Å². The van der Waals surface area contributed by atoms with E-state index < -0.39 is 23.6 Å². The Morgan fingerprint density at radius 1 is 1.42 bits per heavy atom. The largest absolute Gasteiger partial charge is 0.479 e. The molecule has 68 valence electrons. The fourth-order valence-corrected chi connectivity index (χ4v) is 1.24. The standard InChI is InChI=1S/C7H10O5/c1-3(2)7(6(10)11)4(12-7)5(8)9/h3-4H,1-2H3,(H,8,9)(H,10,11)/t4-,7-/m1/s1. The highest BCUT2D eigenvalue weighted by atomic mass is 16.7. The number of carboxylic acid groups (broad SMARTS) is 2. The molecule has 5 heteroatoms. The smallest absolute Gasteiger partial charge is 0.339 e. The van der Waals surface area contributed by atoms with Crippen LogP contribution in [0.25, 0.3) is 0 Å². The van der Waals surface area contributed by atoms with E-state index in [9.17, 15) is 9.59 Å². The molecule has 0 aliphatic carbocycles. The first kappa shape index (κ1) is 8.99. The second-order valence-corrected chi connectivity index (χ2v) is 3.09. The molecule has 0 aromatic rings. The van der Waals surface area contributed by atoms with Crippen LogP contribution in [0, 0.1) is 5.92 Å². The number of aliphatic carboxylic acids is 2. The lowest BCUT2D eigenvalue weighted by Crippen LogP contribution is -2.35. The van der Waals surface area contributed by atoms with Crippen LogP contribution in [-0.4, -0.2) is 33.9 Å². The summed E-state index contributed by atoms with van der Waals surface area (Å²) >= 11 is 0. The van der Waals surface area contributed by atoms with Crippen molar-refractivity contribution in [2.24, 2.45) is 5.92 Å². The molecule has 12 heavy (non-hydrogen) atoms. The maximum absolute atomic E-state index is 10.7. The van der Waals surface area contributed by atoms with Crippen molar-refractivity contribution < 1.29 is 24.5 Å². The summed E-state index contributed by atoms with van der Waals surface area (Å²) in [6, 6.07) is 0. The Balaban J connectivity index is 2.83.